The van der Waals surface area contributed by atoms with Crippen LogP contribution in [0, 0.1) is 23.2 Å². The van der Waals surface area contributed by atoms with Crippen molar-refractivity contribution in [2.24, 2.45) is 23.2 Å². The molecule has 2 aromatic rings. The summed E-state index contributed by atoms with van der Waals surface area (Å²) in [6.07, 6.45) is 9.29. The number of carboxylic acid groups (broad SMARTS) is 1. The van der Waals surface area contributed by atoms with E-state index in [2.05, 4.69) is 43.4 Å². The fraction of sp³-hybridized carbons (Fsp3) is 0.481. The van der Waals surface area contributed by atoms with Crippen LogP contribution in [0.4, 0.5) is 0 Å². The molecule has 3 saturated carbocycles. The molecule has 1 aromatic heterocycles. The first-order chi connectivity index (χ1) is 15.4. The second kappa shape index (κ2) is 9.62. The minimum atomic E-state index is -0.736. The number of carbonyl (C=O) groups is 2. The van der Waals surface area contributed by atoms with Crippen LogP contribution in [-0.4, -0.2) is 23.0 Å². The number of carbonyl (C=O) groups excluding carboxylic acids is 1. The van der Waals surface area contributed by atoms with E-state index in [1.165, 1.54) is 6.42 Å². The van der Waals surface area contributed by atoms with Gasteiger partial charge in [-0.15, -0.1) is 11.3 Å². The van der Waals surface area contributed by atoms with Crippen molar-refractivity contribution in [3.05, 3.63) is 59.5 Å². The fourth-order valence-corrected chi connectivity index (χ4v) is 6.47. The van der Waals surface area contributed by atoms with E-state index in [0.29, 0.717) is 18.3 Å². The highest BCUT2D eigenvalue weighted by molar-refractivity contribution is 7.13. The summed E-state index contributed by atoms with van der Waals surface area (Å²) in [4.78, 5) is 25.0. The minimum Gasteiger partial charge on any atom is -0.481 e. The van der Waals surface area contributed by atoms with E-state index >= 15 is 0 Å². The molecule has 0 spiro atoms. The molecular weight excluding hydrogens is 418 g/mol. The van der Waals surface area contributed by atoms with Gasteiger partial charge < -0.3 is 10.4 Å². The lowest BCUT2D eigenvalue weighted by molar-refractivity contribution is -0.137. The van der Waals surface area contributed by atoms with Crippen LogP contribution < -0.4 is 5.32 Å². The van der Waals surface area contributed by atoms with Gasteiger partial charge in [0.15, 0.2) is 0 Å². The Kier molecular flexibility index (Phi) is 6.85. The van der Waals surface area contributed by atoms with E-state index in [1.807, 2.05) is 29.6 Å². The summed E-state index contributed by atoms with van der Waals surface area (Å²) in [7, 11) is 0. The predicted octanol–water partition coefficient (Wildman–Crippen LogP) is 6.40. The van der Waals surface area contributed by atoms with Crippen molar-refractivity contribution in [2.45, 2.75) is 58.4 Å². The van der Waals surface area contributed by atoms with Crippen molar-refractivity contribution in [3.8, 4) is 10.4 Å². The Bertz CT molecular complexity index is 978. The summed E-state index contributed by atoms with van der Waals surface area (Å²) in [6.45, 7) is 4.70. The summed E-state index contributed by atoms with van der Waals surface area (Å²) in [5.41, 5.74) is 2.17. The van der Waals surface area contributed by atoms with E-state index in [-0.39, 0.29) is 23.8 Å². The monoisotopic (exact) mass is 451 g/mol. The maximum absolute atomic E-state index is 13.2. The van der Waals surface area contributed by atoms with Crippen molar-refractivity contribution in [2.75, 3.05) is 0 Å². The highest BCUT2D eigenvalue weighted by atomic mass is 32.1. The Balaban J connectivity index is 1.41. The zero-order valence-electron chi connectivity index (χ0n) is 18.9. The van der Waals surface area contributed by atoms with E-state index in [1.54, 1.807) is 11.3 Å². The maximum Gasteiger partial charge on any atom is 0.303 e. The lowest BCUT2D eigenvalue weighted by Gasteiger charge is -2.62. The molecular formula is C27H33NO3S. The average Bonchev–Trinajstić information content (AvgIpc) is 3.27. The SMILES string of the molecule is CC1(C)[C@H]2C[C@H](C/C=C\CCCC(=O)O)[C@@H](NC(=O)c3csc(-c4ccccc4)c3)[C@@H]1C2. The lowest BCUT2D eigenvalue weighted by Crippen LogP contribution is -2.63. The number of amides is 1. The van der Waals surface area contributed by atoms with Crippen molar-refractivity contribution >= 4 is 23.2 Å². The quantitative estimate of drug-likeness (QED) is 0.343. The second-order valence-corrected chi connectivity index (χ2v) is 10.8. The molecule has 0 unspecified atom stereocenters. The molecule has 2 N–H and O–H groups in total. The maximum atomic E-state index is 13.2. The summed E-state index contributed by atoms with van der Waals surface area (Å²) in [5.74, 6) is 0.989. The Morgan fingerprint density at radius 1 is 1.19 bits per heavy atom. The van der Waals surface area contributed by atoms with Gasteiger partial charge in [-0.25, -0.2) is 0 Å². The third kappa shape index (κ3) is 4.83. The zero-order chi connectivity index (χ0) is 22.7. The molecule has 5 rings (SSSR count). The van der Waals surface area contributed by atoms with Crippen LogP contribution in [0.25, 0.3) is 10.4 Å². The van der Waals surface area contributed by atoms with E-state index in [9.17, 15) is 9.59 Å². The van der Waals surface area contributed by atoms with E-state index in [0.717, 1.165) is 41.2 Å². The summed E-state index contributed by atoms with van der Waals surface area (Å²) >= 11 is 1.61. The zero-order valence-corrected chi connectivity index (χ0v) is 19.7. The summed E-state index contributed by atoms with van der Waals surface area (Å²) < 4.78 is 0. The van der Waals surface area contributed by atoms with Crippen LogP contribution in [0.5, 0.6) is 0 Å². The van der Waals surface area contributed by atoms with Crippen molar-refractivity contribution in [1.29, 1.82) is 0 Å². The summed E-state index contributed by atoms with van der Waals surface area (Å²) in [6, 6.07) is 12.4. The van der Waals surface area contributed by atoms with Gasteiger partial charge in [0.05, 0.1) is 5.56 Å². The largest absolute Gasteiger partial charge is 0.481 e. The highest BCUT2D eigenvalue weighted by Gasteiger charge is 2.57. The second-order valence-electron chi connectivity index (χ2n) is 9.91. The number of rotatable bonds is 9. The molecule has 3 aliphatic carbocycles. The minimum absolute atomic E-state index is 0.0324. The molecule has 0 aliphatic heterocycles. The van der Waals surface area contributed by atoms with Gasteiger partial charge >= 0.3 is 5.97 Å². The van der Waals surface area contributed by atoms with Crippen molar-refractivity contribution in [3.63, 3.8) is 0 Å². The van der Waals surface area contributed by atoms with Crippen LogP contribution in [0.15, 0.2) is 53.9 Å². The predicted molar refractivity (Wildman–Crippen MR) is 130 cm³/mol. The third-order valence-electron chi connectivity index (χ3n) is 7.66. The van der Waals surface area contributed by atoms with Gasteiger partial charge in [0, 0.05) is 22.7 Å². The molecule has 1 heterocycles. The molecule has 0 radical (unpaired) electrons. The molecule has 1 amide bonds. The van der Waals surface area contributed by atoms with E-state index in [4.69, 9.17) is 5.11 Å². The van der Waals surface area contributed by atoms with Gasteiger partial charge in [0.2, 0.25) is 0 Å². The molecule has 170 valence electrons. The first-order valence-electron chi connectivity index (χ1n) is 11.7. The first-order valence-corrected chi connectivity index (χ1v) is 12.6. The summed E-state index contributed by atoms with van der Waals surface area (Å²) in [5, 5.41) is 14.2. The molecule has 3 fully saturated rings. The average molecular weight is 452 g/mol. The van der Waals surface area contributed by atoms with Crippen LogP contribution in [-0.2, 0) is 4.79 Å². The Morgan fingerprint density at radius 2 is 1.97 bits per heavy atom. The number of benzene rings is 1. The standard InChI is InChI=1S/C27H33NO3S/c1-27(2)21-14-19(12-6-3-4-9-13-24(29)30)25(22(27)16-21)28-26(31)20-15-23(32-17-20)18-10-7-5-8-11-18/h3,5-8,10-11,15,17,19,21-22,25H,4,9,12-14,16H2,1-2H3,(H,28,31)(H,29,30)/b6-3-/t19-,21-,22-,25+/m0/s1. The van der Waals surface area contributed by atoms with Crippen LogP contribution in [0.2, 0.25) is 0 Å². The number of aliphatic carboxylic acids is 1. The van der Waals surface area contributed by atoms with Crippen LogP contribution >= 0.6 is 11.3 Å². The van der Waals surface area contributed by atoms with Gasteiger partial charge in [0.1, 0.15) is 0 Å². The number of carboxylic acids is 1. The number of nitrogens with one attached hydrogen (secondary N) is 1. The third-order valence-corrected chi connectivity index (χ3v) is 8.64. The van der Waals surface area contributed by atoms with E-state index < -0.39 is 5.97 Å². The molecule has 2 bridgehead atoms. The molecule has 5 heteroatoms. The van der Waals surface area contributed by atoms with Gasteiger partial charge in [-0.2, -0.15) is 0 Å². The molecule has 1 aromatic carbocycles. The normalized spacial score (nSPS) is 25.9. The van der Waals surface area contributed by atoms with Crippen LogP contribution in [0.3, 0.4) is 0 Å². The molecule has 3 aliphatic rings. The number of allylic oxidation sites excluding steroid dienone is 2. The highest BCUT2D eigenvalue weighted by Crippen LogP contribution is 2.61. The fourth-order valence-electron chi connectivity index (χ4n) is 5.57. The number of unbranched alkanes of at least 4 members (excludes halogenated alkanes) is 1. The van der Waals surface area contributed by atoms with Crippen molar-refractivity contribution < 1.29 is 14.7 Å². The van der Waals surface area contributed by atoms with Gasteiger partial charge in [-0.3, -0.25) is 9.59 Å². The van der Waals surface area contributed by atoms with Gasteiger partial charge in [-0.05, 0) is 66.9 Å². The lowest BCUT2D eigenvalue weighted by atomic mass is 9.44. The Labute approximate surface area is 194 Å². The number of thiophene rings is 1. The first kappa shape index (κ1) is 22.8. The molecule has 4 atom stereocenters. The van der Waals surface area contributed by atoms with Crippen molar-refractivity contribution in [1.82, 2.24) is 5.32 Å². The van der Waals surface area contributed by atoms with Crippen LogP contribution in [0.1, 0.15) is 62.7 Å². The van der Waals surface area contributed by atoms with Gasteiger partial charge in [0.25, 0.3) is 5.91 Å². The number of fused-ring (bicyclic) bond motifs is 2. The number of hydrogen-bond acceptors (Lipinski definition) is 3. The van der Waals surface area contributed by atoms with Gasteiger partial charge in [-0.1, -0.05) is 56.3 Å². The Hall–Kier alpha value is -2.40. The molecule has 0 saturated heterocycles. The molecule has 32 heavy (non-hydrogen) atoms. The Morgan fingerprint density at radius 3 is 2.69 bits per heavy atom. The topological polar surface area (TPSA) is 66.4 Å². The number of hydrogen-bond donors (Lipinski definition) is 2. The smallest absolute Gasteiger partial charge is 0.303 e. The molecule has 4 nitrogen and oxygen atoms in total.